The lowest BCUT2D eigenvalue weighted by molar-refractivity contribution is 0.235. The minimum absolute atomic E-state index is 0.0757. The van der Waals surface area contributed by atoms with Crippen molar-refractivity contribution in [2.24, 2.45) is 5.92 Å². The highest BCUT2D eigenvalue weighted by atomic mass is 16.2. The zero-order chi connectivity index (χ0) is 14.2. The molecule has 3 nitrogen and oxygen atoms in total. The molecule has 1 fully saturated rings. The summed E-state index contributed by atoms with van der Waals surface area (Å²) < 4.78 is 0. The average molecular weight is 274 g/mol. The van der Waals surface area contributed by atoms with Crippen molar-refractivity contribution in [2.45, 2.75) is 57.9 Å². The van der Waals surface area contributed by atoms with Crippen molar-refractivity contribution in [3.63, 3.8) is 0 Å². The van der Waals surface area contributed by atoms with E-state index in [2.05, 4.69) is 17.6 Å². The van der Waals surface area contributed by atoms with Gasteiger partial charge in [0, 0.05) is 11.7 Å². The molecular formula is C17H26N2O. The van der Waals surface area contributed by atoms with Crippen LogP contribution in [-0.2, 0) is 0 Å². The Morgan fingerprint density at radius 3 is 2.50 bits per heavy atom. The molecule has 0 spiro atoms. The molecular weight excluding hydrogens is 248 g/mol. The molecule has 0 heterocycles. The molecule has 0 aromatic heterocycles. The average Bonchev–Trinajstić information content (AvgIpc) is 2.47. The first-order chi connectivity index (χ1) is 9.78. The molecule has 2 rings (SSSR count). The zero-order valence-corrected chi connectivity index (χ0v) is 12.4. The summed E-state index contributed by atoms with van der Waals surface area (Å²) >= 11 is 0. The number of para-hydroxylation sites is 1. The van der Waals surface area contributed by atoms with E-state index in [-0.39, 0.29) is 6.03 Å². The maximum Gasteiger partial charge on any atom is 0.319 e. The minimum atomic E-state index is -0.0757. The predicted octanol–water partition coefficient (Wildman–Crippen LogP) is 4.56. The number of rotatable bonds is 5. The first-order valence-electron chi connectivity index (χ1n) is 7.90. The molecule has 1 saturated carbocycles. The van der Waals surface area contributed by atoms with Crippen LogP contribution < -0.4 is 10.6 Å². The van der Waals surface area contributed by atoms with Crippen LogP contribution in [0.5, 0.6) is 0 Å². The molecule has 110 valence electrons. The summed E-state index contributed by atoms with van der Waals surface area (Å²) in [6.07, 6.45) is 8.76. The SMILES string of the molecule is CCCCC1CCC(NC(=O)Nc2ccccc2)CC1. The second-order valence-electron chi connectivity index (χ2n) is 5.82. The lowest BCUT2D eigenvalue weighted by Gasteiger charge is -2.29. The smallest absolute Gasteiger partial charge is 0.319 e. The molecule has 1 aromatic carbocycles. The normalized spacial score (nSPS) is 22.2. The molecule has 0 radical (unpaired) electrons. The van der Waals surface area contributed by atoms with Gasteiger partial charge in [0.05, 0.1) is 0 Å². The van der Waals surface area contributed by atoms with E-state index in [9.17, 15) is 4.79 Å². The van der Waals surface area contributed by atoms with Crippen LogP contribution in [0.1, 0.15) is 51.9 Å². The monoisotopic (exact) mass is 274 g/mol. The number of carbonyl (C=O) groups excluding carboxylic acids is 1. The highest BCUT2D eigenvalue weighted by Crippen LogP contribution is 2.28. The third-order valence-corrected chi connectivity index (χ3v) is 4.18. The van der Waals surface area contributed by atoms with E-state index in [1.807, 2.05) is 30.3 Å². The van der Waals surface area contributed by atoms with Gasteiger partial charge >= 0.3 is 6.03 Å². The highest BCUT2D eigenvalue weighted by Gasteiger charge is 2.21. The van der Waals surface area contributed by atoms with Gasteiger partial charge in [-0.2, -0.15) is 0 Å². The standard InChI is InChI=1S/C17H26N2O/c1-2-3-7-14-10-12-16(13-11-14)19-17(20)18-15-8-5-4-6-9-15/h4-6,8-9,14,16H,2-3,7,10-13H2,1H3,(H2,18,19,20). The number of amides is 2. The first-order valence-corrected chi connectivity index (χ1v) is 7.90. The largest absolute Gasteiger partial charge is 0.335 e. The van der Waals surface area contributed by atoms with E-state index in [0.29, 0.717) is 6.04 Å². The summed E-state index contributed by atoms with van der Waals surface area (Å²) in [7, 11) is 0. The zero-order valence-electron chi connectivity index (χ0n) is 12.4. The van der Waals surface area contributed by atoms with Gasteiger partial charge in [0.25, 0.3) is 0 Å². The molecule has 2 amide bonds. The Balaban J connectivity index is 1.68. The number of urea groups is 1. The van der Waals surface area contributed by atoms with Gasteiger partial charge in [0.2, 0.25) is 0 Å². The number of nitrogens with one attached hydrogen (secondary N) is 2. The molecule has 3 heteroatoms. The van der Waals surface area contributed by atoms with Gasteiger partial charge in [-0.15, -0.1) is 0 Å². The Hall–Kier alpha value is -1.51. The van der Waals surface area contributed by atoms with Gasteiger partial charge in [-0.25, -0.2) is 4.79 Å². The lowest BCUT2D eigenvalue weighted by atomic mass is 9.83. The third-order valence-electron chi connectivity index (χ3n) is 4.18. The van der Waals surface area contributed by atoms with Crippen LogP contribution in [0.15, 0.2) is 30.3 Å². The quantitative estimate of drug-likeness (QED) is 0.812. The van der Waals surface area contributed by atoms with Crippen molar-refractivity contribution in [3.8, 4) is 0 Å². The highest BCUT2D eigenvalue weighted by molar-refractivity contribution is 5.89. The summed E-state index contributed by atoms with van der Waals surface area (Å²) in [5, 5.41) is 5.98. The maximum atomic E-state index is 11.9. The molecule has 1 aliphatic carbocycles. The third kappa shape index (κ3) is 4.87. The molecule has 0 atom stereocenters. The van der Waals surface area contributed by atoms with Crippen molar-refractivity contribution >= 4 is 11.7 Å². The van der Waals surface area contributed by atoms with Crippen molar-refractivity contribution in [3.05, 3.63) is 30.3 Å². The van der Waals surface area contributed by atoms with Crippen LogP contribution in [0.3, 0.4) is 0 Å². The Morgan fingerprint density at radius 1 is 1.15 bits per heavy atom. The second-order valence-corrected chi connectivity index (χ2v) is 5.82. The Labute approximate surface area is 122 Å². The summed E-state index contributed by atoms with van der Waals surface area (Å²) in [5.41, 5.74) is 0.849. The van der Waals surface area contributed by atoms with E-state index in [1.165, 1.54) is 32.1 Å². The summed E-state index contributed by atoms with van der Waals surface area (Å²) in [5.74, 6) is 0.880. The van der Waals surface area contributed by atoms with Gasteiger partial charge in [-0.1, -0.05) is 44.4 Å². The van der Waals surface area contributed by atoms with Crippen LogP contribution in [0, 0.1) is 5.92 Å². The fourth-order valence-electron chi connectivity index (χ4n) is 2.96. The lowest BCUT2D eigenvalue weighted by Crippen LogP contribution is -2.40. The van der Waals surface area contributed by atoms with E-state index in [4.69, 9.17) is 0 Å². The topological polar surface area (TPSA) is 41.1 Å². The molecule has 0 aliphatic heterocycles. The number of anilines is 1. The van der Waals surface area contributed by atoms with Gasteiger partial charge < -0.3 is 10.6 Å². The molecule has 0 bridgehead atoms. The van der Waals surface area contributed by atoms with Crippen molar-refractivity contribution in [1.29, 1.82) is 0 Å². The number of hydrogen-bond donors (Lipinski definition) is 2. The van der Waals surface area contributed by atoms with E-state index in [1.54, 1.807) is 0 Å². The number of carbonyl (C=O) groups is 1. The molecule has 2 N–H and O–H groups in total. The van der Waals surface area contributed by atoms with Crippen LogP contribution in [0.4, 0.5) is 10.5 Å². The van der Waals surface area contributed by atoms with Crippen LogP contribution >= 0.6 is 0 Å². The Morgan fingerprint density at radius 2 is 1.85 bits per heavy atom. The fraction of sp³-hybridized carbons (Fsp3) is 0.588. The Kier molecular flexibility index (Phi) is 5.90. The Bertz CT molecular complexity index is 397. The predicted molar refractivity (Wildman–Crippen MR) is 83.9 cm³/mol. The number of benzene rings is 1. The van der Waals surface area contributed by atoms with Crippen LogP contribution in [-0.4, -0.2) is 12.1 Å². The molecule has 1 aromatic rings. The molecule has 1 aliphatic rings. The fourth-order valence-corrected chi connectivity index (χ4v) is 2.96. The van der Waals surface area contributed by atoms with Crippen molar-refractivity contribution in [1.82, 2.24) is 5.32 Å². The van der Waals surface area contributed by atoms with Gasteiger partial charge in [-0.05, 0) is 43.7 Å². The second kappa shape index (κ2) is 7.93. The number of hydrogen-bond acceptors (Lipinski definition) is 1. The van der Waals surface area contributed by atoms with Gasteiger partial charge in [0.15, 0.2) is 0 Å². The summed E-state index contributed by atoms with van der Waals surface area (Å²) in [4.78, 5) is 11.9. The van der Waals surface area contributed by atoms with Gasteiger partial charge in [0.1, 0.15) is 0 Å². The summed E-state index contributed by atoms with van der Waals surface area (Å²) in [6.45, 7) is 2.25. The minimum Gasteiger partial charge on any atom is -0.335 e. The van der Waals surface area contributed by atoms with Crippen molar-refractivity contribution in [2.75, 3.05) is 5.32 Å². The van der Waals surface area contributed by atoms with E-state index in [0.717, 1.165) is 24.4 Å². The number of unbranched alkanes of at least 4 members (excludes halogenated alkanes) is 1. The summed E-state index contributed by atoms with van der Waals surface area (Å²) in [6, 6.07) is 9.87. The van der Waals surface area contributed by atoms with E-state index >= 15 is 0 Å². The van der Waals surface area contributed by atoms with Gasteiger partial charge in [-0.3, -0.25) is 0 Å². The van der Waals surface area contributed by atoms with Crippen LogP contribution in [0.2, 0.25) is 0 Å². The van der Waals surface area contributed by atoms with Crippen molar-refractivity contribution < 1.29 is 4.79 Å². The molecule has 0 saturated heterocycles. The first kappa shape index (κ1) is 14.9. The molecule has 20 heavy (non-hydrogen) atoms. The van der Waals surface area contributed by atoms with Crippen LogP contribution in [0.25, 0.3) is 0 Å². The molecule has 0 unspecified atom stereocenters. The maximum absolute atomic E-state index is 11.9. The van der Waals surface area contributed by atoms with E-state index < -0.39 is 0 Å².